The topological polar surface area (TPSA) is 58.6 Å². The Morgan fingerprint density at radius 2 is 2.11 bits per heavy atom. The zero-order valence-electron chi connectivity index (χ0n) is 11.0. The Labute approximate surface area is 112 Å². The zero-order valence-corrected chi connectivity index (χ0v) is 11.0. The van der Waals surface area contributed by atoms with Crippen LogP contribution in [-0.4, -0.2) is 43.0 Å². The molecular weight excluding hydrogens is 244 g/mol. The number of benzene rings is 1. The summed E-state index contributed by atoms with van der Waals surface area (Å²) < 4.78 is 5.35. The number of rotatable bonds is 4. The van der Waals surface area contributed by atoms with Crippen LogP contribution in [0.3, 0.4) is 0 Å². The largest absolute Gasteiger partial charge is 0.494 e. The van der Waals surface area contributed by atoms with E-state index in [2.05, 4.69) is 5.32 Å². The molecule has 0 radical (unpaired) electrons. The number of carbonyl (C=O) groups excluding carboxylic acids is 2. The molecule has 2 amide bonds. The van der Waals surface area contributed by atoms with E-state index in [1.807, 2.05) is 31.2 Å². The van der Waals surface area contributed by atoms with Crippen molar-refractivity contribution in [2.45, 2.75) is 13.3 Å². The van der Waals surface area contributed by atoms with E-state index >= 15 is 0 Å². The minimum absolute atomic E-state index is 0.0148. The molecule has 0 aliphatic carbocycles. The average molecular weight is 262 g/mol. The molecule has 0 atom stereocenters. The second kappa shape index (κ2) is 6.22. The number of carbonyl (C=O) groups is 2. The molecule has 1 aliphatic heterocycles. The standard InChI is InChI=1S/C14H18N2O3/c1-2-19-12-5-3-11(4-6-12)9-14(18)16-8-7-15-13(17)10-16/h3-6H,2,7-10H2,1H3,(H,15,17). The van der Waals surface area contributed by atoms with E-state index in [4.69, 9.17) is 4.74 Å². The molecule has 1 N–H and O–H groups in total. The maximum Gasteiger partial charge on any atom is 0.239 e. The summed E-state index contributed by atoms with van der Waals surface area (Å²) in [6.45, 7) is 3.84. The lowest BCUT2D eigenvalue weighted by Crippen LogP contribution is -2.50. The van der Waals surface area contributed by atoms with Crippen LogP contribution in [0.15, 0.2) is 24.3 Å². The van der Waals surface area contributed by atoms with Crippen LogP contribution < -0.4 is 10.1 Å². The molecular formula is C14H18N2O3. The molecule has 1 aromatic carbocycles. The monoisotopic (exact) mass is 262 g/mol. The maximum absolute atomic E-state index is 12.0. The Bertz CT molecular complexity index is 456. The van der Waals surface area contributed by atoms with Crippen molar-refractivity contribution in [3.8, 4) is 5.75 Å². The second-order valence-electron chi connectivity index (χ2n) is 4.42. The van der Waals surface area contributed by atoms with Gasteiger partial charge in [-0.25, -0.2) is 0 Å². The van der Waals surface area contributed by atoms with Crippen molar-refractivity contribution in [1.29, 1.82) is 0 Å². The molecule has 0 bridgehead atoms. The molecule has 1 heterocycles. The predicted octanol–water partition coefficient (Wildman–Crippen LogP) is 0.586. The van der Waals surface area contributed by atoms with Gasteiger partial charge >= 0.3 is 0 Å². The highest BCUT2D eigenvalue weighted by Crippen LogP contribution is 2.13. The average Bonchev–Trinajstić information content (AvgIpc) is 2.41. The lowest BCUT2D eigenvalue weighted by Gasteiger charge is -2.26. The first-order valence-electron chi connectivity index (χ1n) is 6.45. The van der Waals surface area contributed by atoms with Crippen molar-refractivity contribution in [1.82, 2.24) is 10.2 Å². The second-order valence-corrected chi connectivity index (χ2v) is 4.42. The van der Waals surface area contributed by atoms with Crippen molar-refractivity contribution in [2.24, 2.45) is 0 Å². The molecule has 0 aromatic heterocycles. The molecule has 2 rings (SSSR count). The summed E-state index contributed by atoms with van der Waals surface area (Å²) in [4.78, 5) is 24.9. The molecule has 1 saturated heterocycles. The van der Waals surface area contributed by atoms with Crippen LogP contribution in [0.25, 0.3) is 0 Å². The number of piperazine rings is 1. The van der Waals surface area contributed by atoms with Gasteiger partial charge in [0.25, 0.3) is 0 Å². The van der Waals surface area contributed by atoms with Crippen molar-refractivity contribution >= 4 is 11.8 Å². The summed E-state index contributed by atoms with van der Waals surface area (Å²) in [5.41, 5.74) is 0.930. The van der Waals surface area contributed by atoms with Gasteiger partial charge in [-0.15, -0.1) is 0 Å². The van der Waals surface area contributed by atoms with Gasteiger partial charge in [0.1, 0.15) is 5.75 Å². The summed E-state index contributed by atoms with van der Waals surface area (Å²) in [6, 6.07) is 7.48. The van der Waals surface area contributed by atoms with Gasteiger partial charge in [0.15, 0.2) is 0 Å². The number of nitrogens with zero attached hydrogens (tertiary/aromatic N) is 1. The Kier molecular flexibility index (Phi) is 4.39. The first-order valence-corrected chi connectivity index (χ1v) is 6.45. The van der Waals surface area contributed by atoms with Gasteiger partial charge in [0, 0.05) is 13.1 Å². The zero-order chi connectivity index (χ0) is 13.7. The molecule has 1 aliphatic rings. The molecule has 0 saturated carbocycles. The first-order chi connectivity index (χ1) is 9.19. The van der Waals surface area contributed by atoms with Gasteiger partial charge in [0.05, 0.1) is 19.6 Å². The number of hydrogen-bond acceptors (Lipinski definition) is 3. The smallest absolute Gasteiger partial charge is 0.239 e. The SMILES string of the molecule is CCOc1ccc(CC(=O)N2CCNC(=O)C2)cc1. The number of ether oxygens (including phenoxy) is 1. The fourth-order valence-electron chi connectivity index (χ4n) is 2.01. The molecule has 102 valence electrons. The highest BCUT2D eigenvalue weighted by Gasteiger charge is 2.20. The third-order valence-corrected chi connectivity index (χ3v) is 2.98. The van der Waals surface area contributed by atoms with Crippen LogP contribution in [-0.2, 0) is 16.0 Å². The summed E-state index contributed by atoms with van der Waals surface area (Å²) in [6.07, 6.45) is 0.319. The molecule has 1 aromatic rings. The molecule has 0 unspecified atom stereocenters. The molecule has 5 heteroatoms. The van der Waals surface area contributed by atoms with E-state index in [1.165, 1.54) is 0 Å². The van der Waals surface area contributed by atoms with Crippen molar-refractivity contribution in [3.05, 3.63) is 29.8 Å². The molecule has 1 fully saturated rings. The van der Waals surface area contributed by atoms with Gasteiger partial charge in [-0.1, -0.05) is 12.1 Å². The predicted molar refractivity (Wildman–Crippen MR) is 70.9 cm³/mol. The fraction of sp³-hybridized carbons (Fsp3) is 0.429. The maximum atomic E-state index is 12.0. The van der Waals surface area contributed by atoms with Crippen LogP contribution in [0.1, 0.15) is 12.5 Å². The quantitative estimate of drug-likeness (QED) is 0.864. The highest BCUT2D eigenvalue weighted by atomic mass is 16.5. The lowest BCUT2D eigenvalue weighted by molar-refractivity contribution is -0.137. The summed E-state index contributed by atoms with van der Waals surface area (Å²) in [5.74, 6) is 0.696. The van der Waals surface area contributed by atoms with Crippen molar-refractivity contribution < 1.29 is 14.3 Å². The molecule has 0 spiro atoms. The summed E-state index contributed by atoms with van der Waals surface area (Å²) in [7, 11) is 0. The normalized spacial score (nSPS) is 15.0. The molecule has 19 heavy (non-hydrogen) atoms. The van der Waals surface area contributed by atoms with Gasteiger partial charge < -0.3 is 15.0 Å². The number of hydrogen-bond donors (Lipinski definition) is 1. The van der Waals surface area contributed by atoms with E-state index in [-0.39, 0.29) is 18.4 Å². The van der Waals surface area contributed by atoms with Crippen LogP contribution in [0.4, 0.5) is 0 Å². The van der Waals surface area contributed by atoms with Crippen molar-refractivity contribution in [3.63, 3.8) is 0 Å². The van der Waals surface area contributed by atoms with Crippen LogP contribution >= 0.6 is 0 Å². The number of amides is 2. The van der Waals surface area contributed by atoms with E-state index in [0.29, 0.717) is 26.1 Å². The van der Waals surface area contributed by atoms with Gasteiger partial charge in [-0.3, -0.25) is 9.59 Å². The van der Waals surface area contributed by atoms with Gasteiger partial charge in [-0.2, -0.15) is 0 Å². The Morgan fingerprint density at radius 3 is 2.74 bits per heavy atom. The third kappa shape index (κ3) is 3.71. The summed E-state index contributed by atoms with van der Waals surface area (Å²) >= 11 is 0. The van der Waals surface area contributed by atoms with Gasteiger partial charge in [0.2, 0.25) is 11.8 Å². The van der Waals surface area contributed by atoms with Crippen molar-refractivity contribution in [2.75, 3.05) is 26.2 Å². The minimum atomic E-state index is -0.0914. The number of nitrogens with one attached hydrogen (secondary N) is 1. The fourth-order valence-corrected chi connectivity index (χ4v) is 2.01. The third-order valence-electron chi connectivity index (χ3n) is 2.98. The first kappa shape index (κ1) is 13.4. The van der Waals surface area contributed by atoms with Crippen LogP contribution in [0.5, 0.6) is 5.75 Å². The van der Waals surface area contributed by atoms with Gasteiger partial charge in [-0.05, 0) is 24.6 Å². The Morgan fingerprint density at radius 1 is 1.37 bits per heavy atom. The van der Waals surface area contributed by atoms with E-state index in [0.717, 1.165) is 11.3 Å². The van der Waals surface area contributed by atoms with Crippen LogP contribution in [0, 0.1) is 0 Å². The van der Waals surface area contributed by atoms with E-state index in [9.17, 15) is 9.59 Å². The summed E-state index contributed by atoms with van der Waals surface area (Å²) in [5, 5.41) is 2.70. The Balaban J connectivity index is 1.92. The van der Waals surface area contributed by atoms with E-state index < -0.39 is 0 Å². The molecule has 5 nitrogen and oxygen atoms in total. The Hall–Kier alpha value is -2.04. The van der Waals surface area contributed by atoms with E-state index in [1.54, 1.807) is 4.90 Å². The highest BCUT2D eigenvalue weighted by molar-refractivity contribution is 5.86. The lowest BCUT2D eigenvalue weighted by atomic mass is 10.1. The minimum Gasteiger partial charge on any atom is -0.494 e. The van der Waals surface area contributed by atoms with Crippen LogP contribution in [0.2, 0.25) is 0 Å².